The van der Waals surface area contributed by atoms with Gasteiger partial charge in [0.25, 0.3) is 11.8 Å². The summed E-state index contributed by atoms with van der Waals surface area (Å²) in [5.41, 5.74) is 1.87. The topological polar surface area (TPSA) is 87.7 Å². The molecule has 0 saturated carbocycles. The number of para-hydroxylation sites is 2. The van der Waals surface area contributed by atoms with Crippen molar-refractivity contribution in [1.82, 2.24) is 5.32 Å². The van der Waals surface area contributed by atoms with Crippen molar-refractivity contribution in [2.75, 3.05) is 16.8 Å². The van der Waals surface area contributed by atoms with Gasteiger partial charge in [0.2, 0.25) is 0 Å². The van der Waals surface area contributed by atoms with Gasteiger partial charge in [-0.3, -0.25) is 9.59 Å². The number of nitrogens with zero attached hydrogens (tertiary/aromatic N) is 1. The SMILES string of the molecule is O=C(COc1ccc(/C=C2\NC(=O)N(c3ccccc3)C2=O)cc1Cl)Nc1ccccc1. The minimum Gasteiger partial charge on any atom is -0.482 e. The number of hydrogen-bond acceptors (Lipinski definition) is 4. The lowest BCUT2D eigenvalue weighted by molar-refractivity contribution is -0.118. The maximum atomic E-state index is 12.7. The molecule has 8 heteroatoms. The van der Waals surface area contributed by atoms with Crippen molar-refractivity contribution >= 4 is 46.9 Å². The van der Waals surface area contributed by atoms with Gasteiger partial charge in [-0.05, 0) is 48.0 Å². The van der Waals surface area contributed by atoms with Gasteiger partial charge >= 0.3 is 6.03 Å². The number of ether oxygens (including phenoxy) is 1. The third kappa shape index (κ3) is 4.79. The van der Waals surface area contributed by atoms with Gasteiger partial charge in [0.1, 0.15) is 11.4 Å². The lowest BCUT2D eigenvalue weighted by Crippen LogP contribution is -2.30. The van der Waals surface area contributed by atoms with Gasteiger partial charge in [0, 0.05) is 5.69 Å². The molecule has 4 rings (SSSR count). The van der Waals surface area contributed by atoms with Crippen LogP contribution in [-0.2, 0) is 9.59 Å². The van der Waals surface area contributed by atoms with E-state index in [9.17, 15) is 14.4 Å². The Hall–Kier alpha value is -4.10. The van der Waals surface area contributed by atoms with Crippen molar-refractivity contribution in [2.24, 2.45) is 0 Å². The quantitative estimate of drug-likeness (QED) is 0.431. The van der Waals surface area contributed by atoms with Gasteiger partial charge in [-0.15, -0.1) is 0 Å². The summed E-state index contributed by atoms with van der Waals surface area (Å²) in [7, 11) is 0. The van der Waals surface area contributed by atoms with E-state index in [1.54, 1.807) is 60.7 Å². The summed E-state index contributed by atoms with van der Waals surface area (Å²) in [5, 5.41) is 5.56. The molecule has 0 atom stereocenters. The van der Waals surface area contributed by atoms with Crippen LogP contribution in [0.4, 0.5) is 16.2 Å². The monoisotopic (exact) mass is 447 g/mol. The molecule has 4 amide bonds. The largest absolute Gasteiger partial charge is 0.482 e. The number of halogens is 1. The molecule has 1 fully saturated rings. The molecule has 0 unspecified atom stereocenters. The molecule has 0 aromatic heterocycles. The smallest absolute Gasteiger partial charge is 0.333 e. The first-order valence-electron chi connectivity index (χ1n) is 9.71. The van der Waals surface area contributed by atoms with Gasteiger partial charge in [-0.2, -0.15) is 0 Å². The molecule has 32 heavy (non-hydrogen) atoms. The maximum absolute atomic E-state index is 12.7. The van der Waals surface area contributed by atoms with Crippen LogP contribution in [-0.4, -0.2) is 24.5 Å². The van der Waals surface area contributed by atoms with Crippen LogP contribution in [0.5, 0.6) is 5.75 Å². The molecule has 1 aliphatic rings. The fraction of sp³-hybridized carbons (Fsp3) is 0.0417. The molecule has 0 aliphatic carbocycles. The lowest BCUT2D eigenvalue weighted by Gasteiger charge is -2.11. The Bertz CT molecular complexity index is 1200. The lowest BCUT2D eigenvalue weighted by atomic mass is 10.2. The molecule has 1 saturated heterocycles. The second-order valence-corrected chi connectivity index (χ2v) is 7.26. The number of carbonyl (C=O) groups is 3. The number of urea groups is 1. The average molecular weight is 448 g/mol. The zero-order valence-electron chi connectivity index (χ0n) is 16.7. The molecular weight excluding hydrogens is 430 g/mol. The van der Waals surface area contributed by atoms with E-state index in [1.807, 2.05) is 18.2 Å². The zero-order valence-corrected chi connectivity index (χ0v) is 17.5. The predicted octanol–water partition coefficient (Wildman–Crippen LogP) is 4.45. The Balaban J connectivity index is 1.42. The molecule has 1 heterocycles. The zero-order chi connectivity index (χ0) is 22.5. The van der Waals surface area contributed by atoms with Gasteiger partial charge in [-0.1, -0.05) is 54.1 Å². The van der Waals surface area contributed by atoms with E-state index >= 15 is 0 Å². The summed E-state index contributed by atoms with van der Waals surface area (Å²) < 4.78 is 5.50. The van der Waals surface area contributed by atoms with Gasteiger partial charge < -0.3 is 15.4 Å². The van der Waals surface area contributed by atoms with Crippen LogP contribution in [0.3, 0.4) is 0 Å². The van der Waals surface area contributed by atoms with Crippen LogP contribution in [0, 0.1) is 0 Å². The first-order chi connectivity index (χ1) is 15.5. The van der Waals surface area contributed by atoms with Gasteiger partial charge in [0.05, 0.1) is 10.7 Å². The third-order valence-electron chi connectivity index (χ3n) is 4.58. The third-order valence-corrected chi connectivity index (χ3v) is 4.87. The molecule has 3 aromatic carbocycles. The van der Waals surface area contributed by atoms with E-state index in [0.29, 0.717) is 22.7 Å². The molecule has 2 N–H and O–H groups in total. The summed E-state index contributed by atoms with van der Waals surface area (Å²) >= 11 is 6.28. The highest BCUT2D eigenvalue weighted by Crippen LogP contribution is 2.28. The molecule has 0 radical (unpaired) electrons. The molecule has 160 valence electrons. The van der Waals surface area contributed by atoms with Crippen molar-refractivity contribution < 1.29 is 19.1 Å². The molecule has 0 spiro atoms. The van der Waals surface area contributed by atoms with Crippen molar-refractivity contribution in [1.29, 1.82) is 0 Å². The summed E-state index contributed by atoms with van der Waals surface area (Å²) in [4.78, 5) is 38.0. The van der Waals surface area contributed by atoms with E-state index in [1.165, 1.54) is 6.08 Å². The Morgan fingerprint density at radius 1 is 1.00 bits per heavy atom. The summed E-state index contributed by atoms with van der Waals surface area (Å²) in [6.45, 7) is -0.213. The Morgan fingerprint density at radius 2 is 1.69 bits per heavy atom. The van der Waals surface area contributed by atoms with Crippen LogP contribution < -0.4 is 20.3 Å². The standard InChI is InChI=1S/C24H18ClN3O4/c25-19-13-16(11-12-21(19)32-15-22(29)26-17-7-3-1-4-8-17)14-20-23(30)28(24(31)27-20)18-9-5-2-6-10-18/h1-14H,15H2,(H,26,29)(H,27,31)/b20-14-. The number of imide groups is 1. The second kappa shape index (κ2) is 9.36. The van der Waals surface area contributed by atoms with Crippen LogP contribution in [0.1, 0.15) is 5.56 Å². The van der Waals surface area contributed by atoms with Crippen LogP contribution in [0.25, 0.3) is 6.08 Å². The number of rotatable bonds is 6. The number of benzene rings is 3. The van der Waals surface area contributed by atoms with Crippen LogP contribution in [0.15, 0.2) is 84.6 Å². The fourth-order valence-electron chi connectivity index (χ4n) is 3.10. The molecule has 7 nitrogen and oxygen atoms in total. The van der Waals surface area contributed by atoms with Crippen molar-refractivity contribution in [3.8, 4) is 5.75 Å². The predicted molar refractivity (Wildman–Crippen MR) is 122 cm³/mol. The summed E-state index contributed by atoms with van der Waals surface area (Å²) in [6, 6.07) is 22.0. The minimum atomic E-state index is -0.525. The average Bonchev–Trinajstić information content (AvgIpc) is 3.07. The van der Waals surface area contributed by atoms with E-state index in [2.05, 4.69) is 10.6 Å². The van der Waals surface area contributed by atoms with E-state index in [0.717, 1.165) is 4.90 Å². The van der Waals surface area contributed by atoms with Gasteiger partial charge in [0.15, 0.2) is 6.61 Å². The Kier molecular flexibility index (Phi) is 6.19. The minimum absolute atomic E-state index is 0.130. The maximum Gasteiger partial charge on any atom is 0.333 e. The molecule has 3 aromatic rings. The van der Waals surface area contributed by atoms with E-state index in [-0.39, 0.29) is 23.2 Å². The molecule has 1 aliphatic heterocycles. The second-order valence-electron chi connectivity index (χ2n) is 6.86. The Labute approximate surface area is 189 Å². The number of carbonyl (C=O) groups excluding carboxylic acids is 3. The highest BCUT2D eigenvalue weighted by molar-refractivity contribution is 6.32. The molecule has 0 bridgehead atoms. The van der Waals surface area contributed by atoms with E-state index in [4.69, 9.17) is 16.3 Å². The van der Waals surface area contributed by atoms with Crippen LogP contribution in [0.2, 0.25) is 5.02 Å². The first kappa shape index (κ1) is 21.1. The van der Waals surface area contributed by atoms with Crippen molar-refractivity contribution in [3.05, 3.63) is 95.1 Å². The van der Waals surface area contributed by atoms with Crippen molar-refractivity contribution in [3.63, 3.8) is 0 Å². The first-order valence-corrected chi connectivity index (χ1v) is 10.1. The van der Waals surface area contributed by atoms with Gasteiger partial charge in [-0.25, -0.2) is 9.69 Å². The van der Waals surface area contributed by atoms with Crippen LogP contribution >= 0.6 is 11.6 Å². The van der Waals surface area contributed by atoms with Crippen molar-refractivity contribution in [2.45, 2.75) is 0 Å². The summed E-state index contributed by atoms with van der Waals surface area (Å²) in [6.07, 6.45) is 1.53. The number of anilines is 2. The fourth-order valence-corrected chi connectivity index (χ4v) is 3.34. The normalized spacial score (nSPS) is 14.4. The van der Waals surface area contributed by atoms with E-state index < -0.39 is 11.9 Å². The summed E-state index contributed by atoms with van der Waals surface area (Å²) in [5.74, 6) is -0.460. The Morgan fingerprint density at radius 3 is 2.38 bits per heavy atom. The number of nitrogens with one attached hydrogen (secondary N) is 2. The number of hydrogen-bond donors (Lipinski definition) is 2. The highest BCUT2D eigenvalue weighted by Gasteiger charge is 2.34. The number of amides is 4. The highest BCUT2D eigenvalue weighted by atomic mass is 35.5. The molecular formula is C24H18ClN3O4.